The molecule has 0 saturated carbocycles. The number of ether oxygens (including phenoxy) is 1. The van der Waals surface area contributed by atoms with Gasteiger partial charge in [-0.2, -0.15) is 5.26 Å². The number of piperidine rings is 1. The van der Waals surface area contributed by atoms with Crippen molar-refractivity contribution in [1.29, 1.82) is 5.26 Å². The maximum atomic E-state index is 12.0. The van der Waals surface area contributed by atoms with Crippen molar-refractivity contribution >= 4 is 35.2 Å². The fourth-order valence-electron chi connectivity index (χ4n) is 2.52. The highest BCUT2D eigenvalue weighted by Gasteiger charge is 2.17. The van der Waals surface area contributed by atoms with Gasteiger partial charge in [-0.15, -0.1) is 11.8 Å². The van der Waals surface area contributed by atoms with E-state index in [-0.39, 0.29) is 17.4 Å². The Balaban J connectivity index is 1.64. The van der Waals surface area contributed by atoms with Crippen LogP contribution in [0.5, 0.6) is 0 Å². The third-order valence-corrected chi connectivity index (χ3v) is 4.73. The number of benzene rings is 1. The van der Waals surface area contributed by atoms with E-state index in [1.54, 1.807) is 24.3 Å². The van der Waals surface area contributed by atoms with Gasteiger partial charge < -0.3 is 15.0 Å². The van der Waals surface area contributed by atoms with Crippen molar-refractivity contribution in [2.75, 3.05) is 36.5 Å². The Hall–Kier alpha value is -2.53. The molecule has 0 aromatic heterocycles. The minimum Gasteiger partial charge on any atom is -0.455 e. The molecule has 1 heterocycles. The van der Waals surface area contributed by atoms with Gasteiger partial charge in [0.05, 0.1) is 22.8 Å². The Morgan fingerprint density at radius 2 is 1.88 bits per heavy atom. The first-order valence-corrected chi connectivity index (χ1v) is 9.55. The SMILES string of the molecule is N#Cc1ccccc1NC(=O)COC(=O)CSCC(=O)N1CCCCC1. The molecule has 138 valence electrons. The molecular formula is C18H21N3O4S. The number of nitrogens with zero attached hydrogens (tertiary/aromatic N) is 2. The number of hydrogen-bond donors (Lipinski definition) is 1. The van der Waals surface area contributed by atoms with Crippen molar-refractivity contribution in [2.24, 2.45) is 0 Å². The smallest absolute Gasteiger partial charge is 0.316 e. The van der Waals surface area contributed by atoms with Gasteiger partial charge in [-0.1, -0.05) is 12.1 Å². The van der Waals surface area contributed by atoms with E-state index >= 15 is 0 Å². The minimum atomic E-state index is -0.551. The van der Waals surface area contributed by atoms with Crippen molar-refractivity contribution < 1.29 is 19.1 Å². The van der Waals surface area contributed by atoms with E-state index in [1.165, 1.54) is 11.8 Å². The van der Waals surface area contributed by atoms with Crippen molar-refractivity contribution in [2.45, 2.75) is 19.3 Å². The van der Waals surface area contributed by atoms with Crippen LogP contribution in [0.3, 0.4) is 0 Å². The van der Waals surface area contributed by atoms with Crippen molar-refractivity contribution in [3.05, 3.63) is 29.8 Å². The third-order valence-electron chi connectivity index (χ3n) is 3.84. The van der Waals surface area contributed by atoms with E-state index in [0.29, 0.717) is 11.3 Å². The first-order chi connectivity index (χ1) is 12.6. The standard InChI is InChI=1S/C18H21N3O4S/c19-10-14-6-2-3-7-15(14)20-16(22)11-25-18(24)13-26-12-17(23)21-8-4-1-5-9-21/h2-3,6-7H,1,4-5,8-9,11-13H2,(H,20,22). The molecule has 1 aliphatic heterocycles. The van der Waals surface area contributed by atoms with E-state index in [0.717, 1.165) is 32.4 Å². The average Bonchev–Trinajstić information content (AvgIpc) is 2.67. The molecule has 0 radical (unpaired) electrons. The van der Waals surface area contributed by atoms with E-state index in [4.69, 9.17) is 10.00 Å². The summed E-state index contributed by atoms with van der Waals surface area (Å²) in [4.78, 5) is 37.3. The summed E-state index contributed by atoms with van der Waals surface area (Å²) in [6.45, 7) is 1.14. The molecule has 1 aliphatic rings. The summed E-state index contributed by atoms with van der Waals surface area (Å²) in [5.41, 5.74) is 0.705. The first-order valence-electron chi connectivity index (χ1n) is 8.40. The largest absolute Gasteiger partial charge is 0.455 e. The first kappa shape index (κ1) is 19.8. The fraction of sp³-hybridized carbons (Fsp3) is 0.444. The van der Waals surface area contributed by atoms with Gasteiger partial charge >= 0.3 is 5.97 Å². The molecule has 0 spiro atoms. The molecule has 1 saturated heterocycles. The second-order valence-corrected chi connectivity index (χ2v) is 6.79. The summed E-state index contributed by atoms with van der Waals surface area (Å²) in [7, 11) is 0. The second kappa shape index (κ2) is 10.5. The molecule has 0 bridgehead atoms. The molecule has 2 amide bonds. The number of likely N-dealkylation sites (tertiary alicyclic amines) is 1. The third kappa shape index (κ3) is 6.41. The number of nitriles is 1. The highest BCUT2D eigenvalue weighted by Crippen LogP contribution is 2.13. The van der Waals surface area contributed by atoms with E-state index in [1.807, 2.05) is 11.0 Å². The number of carbonyl (C=O) groups excluding carboxylic acids is 3. The van der Waals surface area contributed by atoms with Crippen LogP contribution in [0.1, 0.15) is 24.8 Å². The molecule has 2 rings (SSSR count). The van der Waals surface area contributed by atoms with Crippen LogP contribution >= 0.6 is 11.8 Å². The zero-order valence-corrected chi connectivity index (χ0v) is 15.2. The number of thioether (sulfide) groups is 1. The lowest BCUT2D eigenvalue weighted by molar-refractivity contribution is -0.144. The van der Waals surface area contributed by atoms with Gasteiger partial charge in [0.25, 0.3) is 5.91 Å². The molecule has 1 aromatic carbocycles. The van der Waals surface area contributed by atoms with E-state index in [2.05, 4.69) is 5.32 Å². The Morgan fingerprint density at radius 3 is 2.62 bits per heavy atom. The lowest BCUT2D eigenvalue weighted by Crippen LogP contribution is -2.36. The number of anilines is 1. The number of esters is 1. The number of nitrogens with one attached hydrogen (secondary N) is 1. The summed E-state index contributed by atoms with van der Waals surface area (Å²) in [6, 6.07) is 8.53. The van der Waals surface area contributed by atoms with Crippen LogP contribution in [0.15, 0.2) is 24.3 Å². The van der Waals surface area contributed by atoms with Crippen LogP contribution in [-0.2, 0) is 19.1 Å². The van der Waals surface area contributed by atoms with Gasteiger partial charge in [-0.3, -0.25) is 14.4 Å². The van der Waals surface area contributed by atoms with E-state index in [9.17, 15) is 14.4 Å². The summed E-state index contributed by atoms with van der Waals surface area (Å²) >= 11 is 1.18. The van der Waals surface area contributed by atoms with Crippen LogP contribution in [0, 0.1) is 11.3 Å². The molecule has 7 nitrogen and oxygen atoms in total. The van der Waals surface area contributed by atoms with Crippen LogP contribution < -0.4 is 5.32 Å². The average molecular weight is 375 g/mol. The van der Waals surface area contributed by atoms with Gasteiger partial charge in [-0.05, 0) is 31.4 Å². The summed E-state index contributed by atoms with van der Waals surface area (Å²) < 4.78 is 4.90. The van der Waals surface area contributed by atoms with Crippen molar-refractivity contribution in [3.8, 4) is 6.07 Å². The number of carbonyl (C=O) groups is 3. The number of hydrogen-bond acceptors (Lipinski definition) is 6. The fourth-order valence-corrected chi connectivity index (χ4v) is 3.23. The highest BCUT2D eigenvalue weighted by molar-refractivity contribution is 8.00. The van der Waals surface area contributed by atoms with Gasteiger partial charge in [0.2, 0.25) is 5.91 Å². The maximum Gasteiger partial charge on any atom is 0.316 e. The number of rotatable bonds is 7. The van der Waals surface area contributed by atoms with E-state index < -0.39 is 18.5 Å². The normalized spacial score (nSPS) is 13.6. The molecule has 1 aromatic rings. The Morgan fingerprint density at radius 1 is 1.15 bits per heavy atom. The molecule has 1 N–H and O–H groups in total. The van der Waals surface area contributed by atoms with Crippen LogP contribution in [0.2, 0.25) is 0 Å². The molecule has 8 heteroatoms. The predicted molar refractivity (Wildman–Crippen MR) is 98.5 cm³/mol. The lowest BCUT2D eigenvalue weighted by Gasteiger charge is -2.26. The molecule has 0 atom stereocenters. The van der Waals surface area contributed by atoms with Gasteiger partial charge in [0, 0.05) is 13.1 Å². The van der Waals surface area contributed by atoms with Crippen LogP contribution in [-0.4, -0.2) is 53.9 Å². The predicted octanol–water partition coefficient (Wildman–Crippen LogP) is 1.79. The van der Waals surface area contributed by atoms with Crippen LogP contribution in [0.4, 0.5) is 5.69 Å². The Bertz CT molecular complexity index is 696. The van der Waals surface area contributed by atoms with Gasteiger partial charge in [0.1, 0.15) is 6.07 Å². The quantitative estimate of drug-likeness (QED) is 0.730. The zero-order valence-electron chi connectivity index (χ0n) is 14.4. The lowest BCUT2D eigenvalue weighted by atomic mass is 10.1. The number of amides is 2. The second-order valence-electron chi connectivity index (χ2n) is 5.80. The van der Waals surface area contributed by atoms with Crippen molar-refractivity contribution in [3.63, 3.8) is 0 Å². The highest BCUT2D eigenvalue weighted by atomic mass is 32.2. The molecule has 1 fully saturated rings. The van der Waals surface area contributed by atoms with Gasteiger partial charge in [0.15, 0.2) is 6.61 Å². The molecular weight excluding hydrogens is 354 g/mol. The monoisotopic (exact) mass is 375 g/mol. The summed E-state index contributed by atoms with van der Waals surface area (Å²) in [5, 5.41) is 11.5. The molecule has 0 unspecified atom stereocenters. The van der Waals surface area contributed by atoms with Crippen molar-refractivity contribution in [1.82, 2.24) is 4.90 Å². The summed E-state index contributed by atoms with van der Waals surface area (Å²) in [5.74, 6) is -0.785. The number of para-hydroxylation sites is 1. The molecule has 26 heavy (non-hydrogen) atoms. The van der Waals surface area contributed by atoms with Crippen LogP contribution in [0.25, 0.3) is 0 Å². The Kier molecular flexibility index (Phi) is 7.96. The minimum absolute atomic E-state index is 0.0155. The Labute approximate surface area is 156 Å². The summed E-state index contributed by atoms with van der Waals surface area (Å²) in [6.07, 6.45) is 3.22. The maximum absolute atomic E-state index is 12.0. The topological polar surface area (TPSA) is 99.5 Å². The van der Waals surface area contributed by atoms with Gasteiger partial charge in [-0.25, -0.2) is 0 Å². The zero-order chi connectivity index (χ0) is 18.8. The molecule has 0 aliphatic carbocycles.